The Balaban J connectivity index is 1.78. The summed E-state index contributed by atoms with van der Waals surface area (Å²) in [6.45, 7) is 0.668. The molecule has 0 aliphatic carbocycles. The van der Waals surface area contributed by atoms with Crippen LogP contribution in [0.3, 0.4) is 0 Å². The van der Waals surface area contributed by atoms with E-state index in [0.29, 0.717) is 12.1 Å². The molecule has 21 heavy (non-hydrogen) atoms. The number of hydrogen-bond donors (Lipinski definition) is 0. The smallest absolute Gasteiger partial charge is 0.255 e. The lowest BCUT2D eigenvalue weighted by atomic mass is 9.94. The molecular formula is C16H12FN3O. The Morgan fingerprint density at radius 2 is 2.05 bits per heavy atom. The van der Waals surface area contributed by atoms with Gasteiger partial charge in [-0.15, -0.1) is 0 Å². The predicted octanol–water partition coefficient (Wildman–Crippen LogP) is 2.68. The van der Waals surface area contributed by atoms with Gasteiger partial charge in [0.1, 0.15) is 17.6 Å². The number of amides is 1. The Kier molecular flexibility index (Phi) is 3.36. The van der Waals surface area contributed by atoms with Gasteiger partial charge >= 0.3 is 0 Å². The van der Waals surface area contributed by atoms with E-state index in [1.165, 1.54) is 24.4 Å². The molecule has 1 aromatic heterocycles. The minimum absolute atomic E-state index is 0.0197. The van der Waals surface area contributed by atoms with Crippen molar-refractivity contribution in [2.24, 2.45) is 0 Å². The summed E-state index contributed by atoms with van der Waals surface area (Å²) in [6.07, 6.45) is 2.28. The summed E-state index contributed by atoms with van der Waals surface area (Å²) >= 11 is 0. The van der Waals surface area contributed by atoms with E-state index in [0.717, 1.165) is 12.0 Å². The van der Waals surface area contributed by atoms with Crippen molar-refractivity contribution in [3.8, 4) is 6.07 Å². The molecule has 3 rings (SSSR count). The Bertz CT molecular complexity index is 704. The quantitative estimate of drug-likeness (QED) is 0.850. The highest BCUT2D eigenvalue weighted by atomic mass is 19.1. The van der Waals surface area contributed by atoms with Crippen molar-refractivity contribution >= 4 is 5.91 Å². The molecule has 1 atom stereocenters. The highest BCUT2D eigenvalue weighted by Crippen LogP contribution is 2.34. The molecule has 2 aromatic rings. The molecule has 4 nitrogen and oxygen atoms in total. The van der Waals surface area contributed by atoms with E-state index < -0.39 is 0 Å². The third kappa shape index (κ3) is 2.48. The van der Waals surface area contributed by atoms with E-state index in [9.17, 15) is 9.18 Å². The normalized spacial score (nSPS) is 17.0. The maximum absolute atomic E-state index is 12.9. The van der Waals surface area contributed by atoms with Crippen LogP contribution < -0.4 is 0 Å². The summed E-state index contributed by atoms with van der Waals surface area (Å²) in [4.78, 5) is 18.0. The fraction of sp³-hybridized carbons (Fsp3) is 0.188. The topological polar surface area (TPSA) is 57.0 Å². The van der Waals surface area contributed by atoms with E-state index in [-0.39, 0.29) is 23.5 Å². The zero-order chi connectivity index (χ0) is 14.8. The van der Waals surface area contributed by atoms with Crippen molar-refractivity contribution < 1.29 is 9.18 Å². The summed E-state index contributed by atoms with van der Waals surface area (Å²) in [5.74, 6) is -0.403. The molecule has 0 spiro atoms. The van der Waals surface area contributed by atoms with Crippen LogP contribution in [-0.4, -0.2) is 22.3 Å². The number of halogens is 1. The van der Waals surface area contributed by atoms with Crippen LogP contribution in [0.1, 0.15) is 34.1 Å². The molecule has 2 heterocycles. The van der Waals surface area contributed by atoms with Gasteiger partial charge in [-0.2, -0.15) is 5.26 Å². The SMILES string of the molecule is N#Cc1ccc(C(=O)N2CC[C@@H]2c2ccc(F)cc2)cn1. The second kappa shape index (κ2) is 5.33. The maximum Gasteiger partial charge on any atom is 0.255 e. The molecule has 104 valence electrons. The lowest BCUT2D eigenvalue weighted by molar-refractivity contribution is 0.0460. The van der Waals surface area contributed by atoms with Crippen molar-refractivity contribution in [3.63, 3.8) is 0 Å². The molecule has 1 aliphatic rings. The number of hydrogen-bond acceptors (Lipinski definition) is 3. The van der Waals surface area contributed by atoms with E-state index in [2.05, 4.69) is 4.98 Å². The number of nitrogens with zero attached hydrogens (tertiary/aromatic N) is 3. The average molecular weight is 281 g/mol. The second-order valence-corrected chi connectivity index (χ2v) is 4.90. The molecule has 0 unspecified atom stereocenters. The van der Waals surface area contributed by atoms with Crippen LogP contribution in [0.15, 0.2) is 42.6 Å². The van der Waals surface area contributed by atoms with Crippen molar-refractivity contribution in [2.45, 2.75) is 12.5 Å². The number of nitriles is 1. The summed E-state index contributed by atoms with van der Waals surface area (Å²) in [5, 5.41) is 8.71. The number of carbonyl (C=O) groups is 1. The van der Waals surface area contributed by atoms with Gasteiger partial charge in [0.05, 0.1) is 11.6 Å². The first kappa shape index (κ1) is 13.3. The number of benzene rings is 1. The van der Waals surface area contributed by atoms with Crippen LogP contribution in [0.2, 0.25) is 0 Å². The Labute approximate surface area is 121 Å². The highest BCUT2D eigenvalue weighted by molar-refractivity contribution is 5.94. The molecule has 1 aromatic carbocycles. The van der Waals surface area contributed by atoms with Crippen molar-refractivity contribution in [1.82, 2.24) is 9.88 Å². The van der Waals surface area contributed by atoms with E-state index in [1.807, 2.05) is 6.07 Å². The van der Waals surface area contributed by atoms with Crippen molar-refractivity contribution in [1.29, 1.82) is 5.26 Å². The number of aromatic nitrogens is 1. The number of pyridine rings is 1. The van der Waals surface area contributed by atoms with Crippen molar-refractivity contribution in [2.75, 3.05) is 6.54 Å². The molecule has 0 N–H and O–H groups in total. The van der Waals surface area contributed by atoms with Gasteiger partial charge in [0.25, 0.3) is 5.91 Å². The fourth-order valence-electron chi connectivity index (χ4n) is 2.41. The molecule has 0 saturated carbocycles. The minimum atomic E-state index is -0.285. The Hall–Kier alpha value is -2.74. The Morgan fingerprint density at radius 3 is 2.57 bits per heavy atom. The molecule has 0 radical (unpaired) electrons. The number of rotatable bonds is 2. The summed E-state index contributed by atoms with van der Waals surface area (Å²) in [7, 11) is 0. The summed E-state index contributed by atoms with van der Waals surface area (Å²) in [5.41, 5.74) is 1.67. The molecule has 5 heteroatoms. The third-order valence-electron chi connectivity index (χ3n) is 3.66. The lowest BCUT2D eigenvalue weighted by Gasteiger charge is -2.41. The van der Waals surface area contributed by atoms with Gasteiger partial charge in [0.2, 0.25) is 0 Å². The van der Waals surface area contributed by atoms with Gasteiger partial charge in [-0.1, -0.05) is 12.1 Å². The standard InChI is InChI=1S/C16H12FN3O/c17-13-4-1-11(2-5-13)15-7-8-20(15)16(21)12-3-6-14(9-18)19-10-12/h1-6,10,15H,7-8H2/t15-/m1/s1. The van der Waals surface area contributed by atoms with E-state index in [1.54, 1.807) is 23.1 Å². The minimum Gasteiger partial charge on any atom is -0.331 e. The van der Waals surface area contributed by atoms with Crippen LogP contribution >= 0.6 is 0 Å². The van der Waals surface area contributed by atoms with Crippen LogP contribution in [0.25, 0.3) is 0 Å². The molecule has 1 amide bonds. The Morgan fingerprint density at radius 1 is 1.29 bits per heavy atom. The van der Waals surface area contributed by atoms with Gasteiger partial charge in [-0.25, -0.2) is 9.37 Å². The maximum atomic E-state index is 12.9. The largest absolute Gasteiger partial charge is 0.331 e. The van der Waals surface area contributed by atoms with Crippen LogP contribution in [0.5, 0.6) is 0 Å². The first-order chi connectivity index (χ1) is 10.2. The van der Waals surface area contributed by atoms with Gasteiger partial charge in [-0.05, 0) is 36.2 Å². The number of carbonyl (C=O) groups excluding carboxylic acids is 1. The predicted molar refractivity (Wildman–Crippen MR) is 73.7 cm³/mol. The molecular weight excluding hydrogens is 269 g/mol. The number of likely N-dealkylation sites (tertiary alicyclic amines) is 1. The fourth-order valence-corrected chi connectivity index (χ4v) is 2.41. The molecule has 1 fully saturated rings. The van der Waals surface area contributed by atoms with Crippen LogP contribution in [0.4, 0.5) is 4.39 Å². The van der Waals surface area contributed by atoms with Gasteiger partial charge in [0, 0.05) is 12.7 Å². The lowest BCUT2D eigenvalue weighted by Crippen LogP contribution is -2.45. The van der Waals surface area contributed by atoms with Crippen LogP contribution in [-0.2, 0) is 0 Å². The summed E-state index contributed by atoms with van der Waals surface area (Å²) in [6, 6.07) is 11.2. The zero-order valence-electron chi connectivity index (χ0n) is 11.2. The first-order valence-electron chi connectivity index (χ1n) is 6.61. The second-order valence-electron chi connectivity index (χ2n) is 4.90. The van der Waals surface area contributed by atoms with E-state index in [4.69, 9.17) is 5.26 Å². The highest BCUT2D eigenvalue weighted by Gasteiger charge is 2.33. The third-order valence-corrected chi connectivity index (χ3v) is 3.66. The first-order valence-corrected chi connectivity index (χ1v) is 6.61. The van der Waals surface area contributed by atoms with Gasteiger partial charge in [-0.3, -0.25) is 4.79 Å². The summed E-state index contributed by atoms with van der Waals surface area (Å²) < 4.78 is 12.9. The monoisotopic (exact) mass is 281 g/mol. The van der Waals surface area contributed by atoms with Gasteiger partial charge in [0.15, 0.2) is 0 Å². The average Bonchev–Trinajstić information content (AvgIpc) is 2.48. The van der Waals surface area contributed by atoms with Gasteiger partial charge < -0.3 is 4.90 Å². The zero-order valence-corrected chi connectivity index (χ0v) is 11.2. The van der Waals surface area contributed by atoms with E-state index >= 15 is 0 Å². The molecule has 1 saturated heterocycles. The van der Waals surface area contributed by atoms with Crippen molar-refractivity contribution in [3.05, 3.63) is 65.2 Å². The van der Waals surface area contributed by atoms with Crippen LogP contribution in [0, 0.1) is 17.1 Å². The molecule has 0 bridgehead atoms. The molecule has 1 aliphatic heterocycles.